The molecule has 0 spiro atoms. The highest BCUT2D eigenvalue weighted by Gasteiger charge is 2.49. The molecule has 0 N–H and O–H groups in total. The Bertz CT molecular complexity index is 403. The van der Waals surface area contributed by atoms with Gasteiger partial charge in [-0.25, -0.2) is 4.39 Å². The predicted octanol–water partition coefficient (Wildman–Crippen LogP) is 2.88. The summed E-state index contributed by atoms with van der Waals surface area (Å²) >= 11 is 0. The fourth-order valence-corrected chi connectivity index (χ4v) is 1.64. The molecule has 1 heterocycles. The maximum Gasteiger partial charge on any atom is 0.169 e. The third-order valence-corrected chi connectivity index (χ3v) is 2.69. The van der Waals surface area contributed by atoms with Crippen LogP contribution in [0.1, 0.15) is 32.4 Å². The number of carbonyl (C=O) groups excluding carboxylic acids is 1. The Kier molecular flexibility index (Phi) is 2.58. The van der Waals surface area contributed by atoms with Crippen molar-refractivity contribution in [3.05, 3.63) is 35.6 Å². The predicted molar refractivity (Wildman–Crippen MR) is 58.5 cm³/mol. The monoisotopic (exact) mass is 222 g/mol. The van der Waals surface area contributed by atoms with Crippen molar-refractivity contribution in [3.8, 4) is 0 Å². The molecular formula is C13H15FO2. The Morgan fingerprint density at radius 2 is 1.81 bits per heavy atom. The minimum atomic E-state index is -0.389. The highest BCUT2D eigenvalue weighted by molar-refractivity contribution is 5.90. The molecule has 0 unspecified atom stereocenters. The minimum Gasteiger partial charge on any atom is -0.356 e. The number of benzene rings is 1. The van der Waals surface area contributed by atoms with Crippen molar-refractivity contribution in [3.63, 3.8) is 0 Å². The van der Waals surface area contributed by atoms with Crippen LogP contribution in [0.3, 0.4) is 0 Å². The fraction of sp³-hybridized carbons (Fsp3) is 0.462. The average molecular weight is 222 g/mol. The summed E-state index contributed by atoms with van der Waals surface area (Å²) < 4.78 is 18.1. The number of carbonyl (C=O) groups is 1. The quantitative estimate of drug-likeness (QED) is 0.720. The van der Waals surface area contributed by atoms with Gasteiger partial charge in [-0.15, -0.1) is 0 Å². The second-order valence-corrected chi connectivity index (χ2v) is 5.14. The number of epoxide rings is 1. The lowest BCUT2D eigenvalue weighted by Gasteiger charge is -2.14. The van der Waals surface area contributed by atoms with Gasteiger partial charge in [0.1, 0.15) is 18.0 Å². The lowest BCUT2D eigenvalue weighted by molar-refractivity contribution is -0.127. The maximum atomic E-state index is 12.7. The smallest absolute Gasteiger partial charge is 0.169 e. The number of hydrogen-bond acceptors (Lipinski definition) is 2. The van der Waals surface area contributed by atoms with E-state index in [0.29, 0.717) is 0 Å². The standard InChI is InChI=1S/C13H15FO2/c1-13(2,3)12(15)11-10(16-11)8-4-6-9(14)7-5-8/h4-7,10-11H,1-3H3/t10-,11-/m0/s1. The highest BCUT2D eigenvalue weighted by atomic mass is 19.1. The van der Waals surface area contributed by atoms with Crippen LogP contribution in [-0.2, 0) is 9.53 Å². The Hall–Kier alpha value is -1.22. The van der Waals surface area contributed by atoms with Crippen LogP contribution < -0.4 is 0 Å². The van der Waals surface area contributed by atoms with Crippen LogP contribution in [0.15, 0.2) is 24.3 Å². The highest BCUT2D eigenvalue weighted by Crippen LogP contribution is 2.42. The molecule has 1 aromatic rings. The van der Waals surface area contributed by atoms with Crippen molar-refractivity contribution >= 4 is 5.78 Å². The molecule has 0 saturated carbocycles. The molecular weight excluding hydrogens is 207 g/mol. The van der Waals surface area contributed by atoms with E-state index in [-0.39, 0.29) is 29.2 Å². The fourth-order valence-electron chi connectivity index (χ4n) is 1.64. The van der Waals surface area contributed by atoms with Crippen LogP contribution in [0, 0.1) is 11.2 Å². The molecule has 16 heavy (non-hydrogen) atoms. The van der Waals surface area contributed by atoms with Crippen LogP contribution in [0.2, 0.25) is 0 Å². The van der Waals surface area contributed by atoms with Gasteiger partial charge < -0.3 is 4.74 Å². The van der Waals surface area contributed by atoms with Crippen molar-refractivity contribution in [2.75, 3.05) is 0 Å². The van der Waals surface area contributed by atoms with Crippen molar-refractivity contribution < 1.29 is 13.9 Å². The lowest BCUT2D eigenvalue weighted by atomic mass is 9.87. The summed E-state index contributed by atoms with van der Waals surface area (Å²) in [5.74, 6) is -0.176. The van der Waals surface area contributed by atoms with Gasteiger partial charge >= 0.3 is 0 Å². The number of ether oxygens (including phenoxy) is 1. The number of hydrogen-bond donors (Lipinski definition) is 0. The van der Waals surface area contributed by atoms with Crippen LogP contribution in [-0.4, -0.2) is 11.9 Å². The molecule has 1 fully saturated rings. The molecule has 2 rings (SSSR count). The van der Waals surface area contributed by atoms with Crippen LogP contribution >= 0.6 is 0 Å². The van der Waals surface area contributed by atoms with Gasteiger partial charge in [0.2, 0.25) is 0 Å². The van der Waals surface area contributed by atoms with Gasteiger partial charge in [0.25, 0.3) is 0 Å². The molecule has 3 heteroatoms. The molecule has 1 aromatic carbocycles. The van der Waals surface area contributed by atoms with E-state index in [9.17, 15) is 9.18 Å². The first-order chi connectivity index (χ1) is 7.39. The van der Waals surface area contributed by atoms with E-state index in [2.05, 4.69) is 0 Å². The molecule has 0 bridgehead atoms. The molecule has 2 atom stereocenters. The maximum absolute atomic E-state index is 12.7. The Balaban J connectivity index is 2.07. The van der Waals surface area contributed by atoms with Gasteiger partial charge in [-0.3, -0.25) is 4.79 Å². The van der Waals surface area contributed by atoms with Gasteiger partial charge in [0.05, 0.1) is 0 Å². The molecule has 0 radical (unpaired) electrons. The molecule has 0 aliphatic carbocycles. The van der Waals surface area contributed by atoms with E-state index >= 15 is 0 Å². The van der Waals surface area contributed by atoms with Gasteiger partial charge in [-0.2, -0.15) is 0 Å². The number of halogens is 1. The summed E-state index contributed by atoms with van der Waals surface area (Å²) in [4.78, 5) is 11.9. The molecule has 1 aliphatic heterocycles. The van der Waals surface area contributed by atoms with Crippen molar-refractivity contribution in [1.82, 2.24) is 0 Å². The van der Waals surface area contributed by atoms with Crippen LogP contribution in [0.25, 0.3) is 0 Å². The van der Waals surface area contributed by atoms with Crippen LogP contribution in [0.4, 0.5) is 4.39 Å². The second kappa shape index (κ2) is 3.67. The molecule has 1 saturated heterocycles. The number of rotatable bonds is 2. The topological polar surface area (TPSA) is 29.6 Å². The van der Waals surface area contributed by atoms with Crippen molar-refractivity contribution in [2.45, 2.75) is 33.0 Å². The zero-order chi connectivity index (χ0) is 11.9. The lowest BCUT2D eigenvalue weighted by Crippen LogP contribution is -2.25. The van der Waals surface area contributed by atoms with Gasteiger partial charge in [-0.05, 0) is 17.7 Å². The van der Waals surface area contributed by atoms with E-state index in [1.807, 2.05) is 20.8 Å². The minimum absolute atomic E-state index is 0.0989. The summed E-state index contributed by atoms with van der Waals surface area (Å²) in [6, 6.07) is 6.09. The van der Waals surface area contributed by atoms with Gasteiger partial charge in [-0.1, -0.05) is 32.9 Å². The SMILES string of the molecule is CC(C)(C)C(=O)[C@H]1O[C@H]1c1ccc(F)cc1. The van der Waals surface area contributed by atoms with Gasteiger partial charge in [0.15, 0.2) is 5.78 Å². The summed E-state index contributed by atoms with van der Waals surface area (Å²) in [5.41, 5.74) is 0.475. The van der Waals surface area contributed by atoms with E-state index < -0.39 is 0 Å². The Morgan fingerprint density at radius 1 is 1.25 bits per heavy atom. The average Bonchev–Trinajstić information content (AvgIpc) is 2.96. The Labute approximate surface area is 94.4 Å². The van der Waals surface area contributed by atoms with E-state index in [0.717, 1.165) is 5.56 Å². The van der Waals surface area contributed by atoms with Crippen LogP contribution in [0.5, 0.6) is 0 Å². The zero-order valence-electron chi connectivity index (χ0n) is 9.66. The summed E-state index contributed by atoms with van der Waals surface area (Å²) in [6.45, 7) is 5.62. The van der Waals surface area contributed by atoms with E-state index in [1.54, 1.807) is 12.1 Å². The summed E-state index contributed by atoms with van der Waals surface area (Å²) in [6.07, 6.45) is -0.544. The van der Waals surface area contributed by atoms with Crippen molar-refractivity contribution in [2.24, 2.45) is 5.41 Å². The second-order valence-electron chi connectivity index (χ2n) is 5.14. The third kappa shape index (κ3) is 2.14. The molecule has 1 aliphatic rings. The van der Waals surface area contributed by atoms with E-state index in [4.69, 9.17) is 4.74 Å². The molecule has 86 valence electrons. The summed E-state index contributed by atoms with van der Waals surface area (Å²) in [7, 11) is 0. The first-order valence-electron chi connectivity index (χ1n) is 5.35. The zero-order valence-corrected chi connectivity index (χ0v) is 9.66. The third-order valence-electron chi connectivity index (χ3n) is 2.69. The normalized spacial score (nSPS) is 24.2. The summed E-state index contributed by atoms with van der Waals surface area (Å²) in [5, 5.41) is 0. The molecule has 0 aromatic heterocycles. The van der Waals surface area contributed by atoms with Gasteiger partial charge in [0, 0.05) is 5.41 Å². The first-order valence-corrected chi connectivity index (χ1v) is 5.35. The number of ketones is 1. The molecule has 0 amide bonds. The van der Waals surface area contributed by atoms with E-state index in [1.165, 1.54) is 12.1 Å². The van der Waals surface area contributed by atoms with Crippen molar-refractivity contribution in [1.29, 1.82) is 0 Å². The molecule has 2 nitrogen and oxygen atoms in total. The first kappa shape index (κ1) is 11.3. The Morgan fingerprint density at radius 3 is 2.31 bits per heavy atom. The number of Topliss-reactive ketones (excluding diaryl/α,β-unsaturated/α-hetero) is 1. The largest absolute Gasteiger partial charge is 0.356 e.